The van der Waals surface area contributed by atoms with Crippen LogP contribution in [0.2, 0.25) is 0 Å². The second-order valence-corrected chi connectivity index (χ2v) is 4.73. The van der Waals surface area contributed by atoms with Crippen LogP contribution in [0.25, 0.3) is 0 Å². The highest BCUT2D eigenvalue weighted by molar-refractivity contribution is 5.81. The molecule has 0 aliphatic heterocycles. The average molecular weight is 256 g/mol. The summed E-state index contributed by atoms with van der Waals surface area (Å²) < 4.78 is 4.69. The molecular weight excluding hydrogens is 232 g/mol. The van der Waals surface area contributed by atoms with E-state index >= 15 is 0 Å². The molecule has 0 fully saturated rings. The lowest BCUT2D eigenvalue weighted by Crippen LogP contribution is -2.37. The van der Waals surface area contributed by atoms with Crippen molar-refractivity contribution in [1.82, 2.24) is 0 Å². The van der Waals surface area contributed by atoms with Crippen LogP contribution in [0, 0.1) is 0 Å². The highest BCUT2D eigenvalue weighted by Crippen LogP contribution is 2.19. The van der Waals surface area contributed by atoms with Crippen molar-refractivity contribution < 1.29 is 19.7 Å². The zero-order valence-corrected chi connectivity index (χ0v) is 11.6. The summed E-state index contributed by atoms with van der Waals surface area (Å²) in [6, 6.07) is 0. The van der Waals surface area contributed by atoms with Gasteiger partial charge < -0.3 is 14.9 Å². The lowest BCUT2D eigenvalue weighted by molar-refractivity contribution is -0.137. The van der Waals surface area contributed by atoms with E-state index in [0.29, 0.717) is 12.8 Å². The van der Waals surface area contributed by atoms with Gasteiger partial charge in [-0.15, -0.1) is 0 Å². The van der Waals surface area contributed by atoms with Crippen molar-refractivity contribution in [3.63, 3.8) is 0 Å². The molecule has 0 saturated heterocycles. The maximum atomic E-state index is 11.1. The van der Waals surface area contributed by atoms with Gasteiger partial charge in [0.15, 0.2) is 0 Å². The van der Waals surface area contributed by atoms with Crippen LogP contribution in [-0.4, -0.2) is 34.5 Å². The number of rotatable bonds is 7. The van der Waals surface area contributed by atoms with Gasteiger partial charge in [0.1, 0.15) is 6.10 Å². The average Bonchev–Trinajstić information content (AvgIpc) is 2.25. The first-order valence-corrected chi connectivity index (χ1v) is 6.18. The number of aliphatic hydroxyl groups is 2. The van der Waals surface area contributed by atoms with E-state index in [-0.39, 0.29) is 6.61 Å². The summed E-state index contributed by atoms with van der Waals surface area (Å²) in [5.41, 5.74) is -0.0862. The maximum Gasteiger partial charge on any atom is 0.330 e. The van der Waals surface area contributed by atoms with Crippen molar-refractivity contribution >= 4 is 5.97 Å². The van der Waals surface area contributed by atoms with E-state index < -0.39 is 17.7 Å². The highest BCUT2D eigenvalue weighted by Gasteiger charge is 2.27. The van der Waals surface area contributed by atoms with Crippen molar-refractivity contribution in [2.24, 2.45) is 0 Å². The van der Waals surface area contributed by atoms with E-state index in [1.54, 1.807) is 13.8 Å². The molecular formula is C14H24O4. The molecule has 0 aromatic carbocycles. The predicted octanol–water partition coefficient (Wildman–Crippen LogP) is 1.96. The highest BCUT2D eigenvalue weighted by atomic mass is 16.5. The van der Waals surface area contributed by atoms with Gasteiger partial charge >= 0.3 is 5.97 Å². The van der Waals surface area contributed by atoms with E-state index in [2.05, 4.69) is 4.74 Å². The number of esters is 1. The third-order valence-corrected chi connectivity index (χ3v) is 2.54. The molecule has 2 atom stereocenters. The van der Waals surface area contributed by atoms with Crippen LogP contribution in [0.1, 0.15) is 40.5 Å². The summed E-state index contributed by atoms with van der Waals surface area (Å²) in [5.74, 6) is -0.517. The number of hydrogen-bond donors (Lipinski definition) is 2. The molecule has 0 aliphatic rings. The topological polar surface area (TPSA) is 66.8 Å². The van der Waals surface area contributed by atoms with Gasteiger partial charge in [0, 0.05) is 6.08 Å². The van der Waals surface area contributed by atoms with Crippen molar-refractivity contribution in [2.75, 3.05) is 6.61 Å². The number of hydrogen-bond acceptors (Lipinski definition) is 4. The van der Waals surface area contributed by atoms with Crippen LogP contribution >= 0.6 is 0 Å². The number of carbonyl (C=O) groups excluding carboxylic acids is 1. The number of aliphatic hydroxyl groups excluding tert-OH is 1. The van der Waals surface area contributed by atoms with E-state index in [9.17, 15) is 15.0 Å². The van der Waals surface area contributed by atoms with E-state index in [1.165, 1.54) is 11.6 Å². The van der Waals surface area contributed by atoms with E-state index in [0.717, 1.165) is 6.08 Å². The molecule has 0 heterocycles. The summed E-state index contributed by atoms with van der Waals surface area (Å²) >= 11 is 0. The second kappa shape index (κ2) is 8.06. The Hall–Kier alpha value is -1.13. The standard InChI is InChI=1S/C14H24O4/c1-5-18-13(16)9-8-12(15)14(4,17)10-6-7-11(2)3/h7-9,12,15,17H,5-6,10H2,1-4H3/b9-8+/t12-,14+/m0/s1. The van der Waals surface area contributed by atoms with Crippen molar-refractivity contribution in [3.8, 4) is 0 Å². The van der Waals surface area contributed by atoms with Crippen LogP contribution in [0.5, 0.6) is 0 Å². The Morgan fingerprint density at radius 1 is 1.44 bits per heavy atom. The molecule has 0 radical (unpaired) electrons. The van der Waals surface area contributed by atoms with Gasteiger partial charge in [0.2, 0.25) is 0 Å². The first kappa shape index (κ1) is 16.9. The van der Waals surface area contributed by atoms with Crippen LogP contribution in [0.15, 0.2) is 23.8 Å². The van der Waals surface area contributed by atoms with Gasteiger partial charge in [-0.05, 0) is 46.6 Å². The third-order valence-electron chi connectivity index (χ3n) is 2.54. The fourth-order valence-corrected chi connectivity index (χ4v) is 1.37. The lowest BCUT2D eigenvalue weighted by atomic mass is 9.92. The fraction of sp³-hybridized carbons (Fsp3) is 0.643. The molecule has 0 aliphatic carbocycles. The van der Waals surface area contributed by atoms with Gasteiger partial charge in [0.05, 0.1) is 12.2 Å². The zero-order chi connectivity index (χ0) is 14.2. The van der Waals surface area contributed by atoms with Gasteiger partial charge in [-0.1, -0.05) is 11.6 Å². The molecule has 0 bridgehead atoms. The monoisotopic (exact) mass is 256 g/mol. The van der Waals surface area contributed by atoms with Crippen LogP contribution in [0.3, 0.4) is 0 Å². The van der Waals surface area contributed by atoms with E-state index in [4.69, 9.17) is 0 Å². The summed E-state index contributed by atoms with van der Waals surface area (Å²) in [6.45, 7) is 7.50. The molecule has 0 saturated carbocycles. The lowest BCUT2D eigenvalue weighted by Gasteiger charge is -2.26. The smallest absolute Gasteiger partial charge is 0.330 e. The van der Waals surface area contributed by atoms with Crippen molar-refractivity contribution in [1.29, 1.82) is 0 Å². The van der Waals surface area contributed by atoms with Gasteiger partial charge in [0.25, 0.3) is 0 Å². The quantitative estimate of drug-likeness (QED) is 0.415. The summed E-state index contributed by atoms with van der Waals surface area (Å²) in [5, 5.41) is 19.9. The molecule has 0 spiro atoms. The maximum absolute atomic E-state index is 11.1. The first-order chi connectivity index (χ1) is 8.29. The first-order valence-electron chi connectivity index (χ1n) is 6.18. The van der Waals surface area contributed by atoms with Gasteiger partial charge in [-0.3, -0.25) is 0 Å². The second-order valence-electron chi connectivity index (χ2n) is 4.73. The largest absolute Gasteiger partial charge is 0.463 e. The molecule has 4 nitrogen and oxygen atoms in total. The van der Waals surface area contributed by atoms with Crippen molar-refractivity contribution in [3.05, 3.63) is 23.8 Å². The Balaban J connectivity index is 4.33. The SMILES string of the molecule is CCOC(=O)/C=C/[C@H](O)[C@](C)(O)CCC=C(C)C. The summed E-state index contributed by atoms with van der Waals surface area (Å²) in [6.07, 6.45) is 4.42. The van der Waals surface area contributed by atoms with Gasteiger partial charge in [-0.2, -0.15) is 0 Å². The Morgan fingerprint density at radius 2 is 2.06 bits per heavy atom. The molecule has 0 unspecified atom stereocenters. The number of carbonyl (C=O) groups is 1. The van der Waals surface area contributed by atoms with E-state index in [1.807, 2.05) is 19.9 Å². The molecule has 4 heteroatoms. The van der Waals surface area contributed by atoms with Crippen LogP contribution in [0.4, 0.5) is 0 Å². The number of allylic oxidation sites excluding steroid dienone is 2. The minimum atomic E-state index is -1.26. The molecule has 18 heavy (non-hydrogen) atoms. The minimum absolute atomic E-state index is 0.288. The van der Waals surface area contributed by atoms with Gasteiger partial charge in [-0.25, -0.2) is 4.79 Å². The molecule has 104 valence electrons. The molecule has 2 N–H and O–H groups in total. The Bertz CT molecular complexity index is 312. The molecule has 0 rings (SSSR count). The fourth-order valence-electron chi connectivity index (χ4n) is 1.37. The third kappa shape index (κ3) is 7.25. The van der Waals surface area contributed by atoms with Crippen molar-refractivity contribution in [2.45, 2.75) is 52.2 Å². The Labute approximate surface area is 109 Å². The Morgan fingerprint density at radius 3 is 2.56 bits per heavy atom. The molecule has 0 aromatic heterocycles. The Kier molecular flexibility index (Phi) is 7.55. The normalized spacial score (nSPS) is 16.1. The van der Waals surface area contributed by atoms with Crippen LogP contribution in [-0.2, 0) is 9.53 Å². The molecule has 0 aromatic rings. The van der Waals surface area contributed by atoms with Crippen LogP contribution < -0.4 is 0 Å². The minimum Gasteiger partial charge on any atom is -0.463 e. The number of ether oxygens (including phenoxy) is 1. The molecule has 0 amide bonds. The summed E-state index contributed by atoms with van der Waals surface area (Å²) in [4.78, 5) is 11.1. The summed E-state index contributed by atoms with van der Waals surface area (Å²) in [7, 11) is 0. The predicted molar refractivity (Wildman–Crippen MR) is 71.1 cm³/mol. The zero-order valence-electron chi connectivity index (χ0n) is 11.6.